The molecule has 0 fully saturated rings. The first-order chi connectivity index (χ1) is 10.6. The number of aliphatic hydroxyl groups is 1. The largest absolute Gasteiger partial charge is 0.490 e. The molecular formula is C18H19NO3. The number of hydrogen-bond acceptors (Lipinski definition) is 3. The second-order valence-electron chi connectivity index (χ2n) is 5.68. The van der Waals surface area contributed by atoms with E-state index in [0.29, 0.717) is 18.9 Å². The molecule has 1 heterocycles. The molecule has 1 unspecified atom stereocenters. The molecular weight excluding hydrogens is 278 g/mol. The van der Waals surface area contributed by atoms with Crippen LogP contribution in [0.5, 0.6) is 5.75 Å². The van der Waals surface area contributed by atoms with Gasteiger partial charge in [0.15, 0.2) is 0 Å². The summed E-state index contributed by atoms with van der Waals surface area (Å²) >= 11 is 0. The van der Waals surface area contributed by atoms with Crippen molar-refractivity contribution >= 4 is 11.6 Å². The fourth-order valence-electron chi connectivity index (χ4n) is 2.72. The fraction of sp³-hybridized carbons (Fsp3) is 0.278. The highest BCUT2D eigenvalue weighted by atomic mass is 16.5. The number of rotatable bonds is 3. The van der Waals surface area contributed by atoms with Crippen LogP contribution in [0.2, 0.25) is 0 Å². The van der Waals surface area contributed by atoms with Crippen molar-refractivity contribution in [3.8, 4) is 5.75 Å². The predicted molar refractivity (Wildman–Crippen MR) is 84.9 cm³/mol. The molecule has 22 heavy (non-hydrogen) atoms. The minimum absolute atomic E-state index is 0.0331. The lowest BCUT2D eigenvalue weighted by Gasteiger charge is -2.32. The molecule has 1 N–H and O–H groups in total. The summed E-state index contributed by atoms with van der Waals surface area (Å²) in [7, 11) is 0. The van der Waals surface area contributed by atoms with Gasteiger partial charge in [-0.15, -0.1) is 0 Å². The van der Waals surface area contributed by atoms with E-state index in [1.54, 1.807) is 11.8 Å². The smallest absolute Gasteiger partial charge is 0.230 e. The quantitative estimate of drug-likeness (QED) is 0.947. The molecule has 2 aromatic rings. The summed E-state index contributed by atoms with van der Waals surface area (Å²) in [5, 5.41) is 10.7. The summed E-state index contributed by atoms with van der Waals surface area (Å²) < 4.78 is 5.56. The molecule has 0 spiro atoms. The lowest BCUT2D eigenvalue weighted by Crippen LogP contribution is -2.41. The lowest BCUT2D eigenvalue weighted by molar-refractivity contribution is -0.123. The molecule has 1 aliphatic rings. The van der Waals surface area contributed by atoms with E-state index in [4.69, 9.17) is 4.74 Å². The highest BCUT2D eigenvalue weighted by molar-refractivity contribution is 5.95. The van der Waals surface area contributed by atoms with Crippen LogP contribution in [0.1, 0.15) is 18.9 Å². The zero-order valence-corrected chi connectivity index (χ0v) is 12.5. The minimum Gasteiger partial charge on any atom is -0.490 e. The van der Waals surface area contributed by atoms with Crippen LogP contribution in [0.4, 0.5) is 5.69 Å². The highest BCUT2D eigenvalue weighted by Crippen LogP contribution is 2.33. The highest BCUT2D eigenvalue weighted by Gasteiger charge is 2.31. The standard InChI is InChI=1S/C18H19NO3/c1-18(21,14-7-3-2-4-8-14)13-17(20)19-11-12-22-16-10-6-5-9-15(16)19/h2-10,21H,11-13H2,1H3. The zero-order valence-electron chi connectivity index (χ0n) is 12.5. The van der Waals surface area contributed by atoms with Gasteiger partial charge in [-0.1, -0.05) is 42.5 Å². The first kappa shape index (κ1) is 14.6. The number of carbonyl (C=O) groups is 1. The molecule has 0 saturated heterocycles. The van der Waals surface area contributed by atoms with Gasteiger partial charge in [0.2, 0.25) is 5.91 Å². The molecule has 1 atom stereocenters. The van der Waals surface area contributed by atoms with Gasteiger partial charge in [0.05, 0.1) is 24.3 Å². The van der Waals surface area contributed by atoms with E-state index in [9.17, 15) is 9.90 Å². The Kier molecular flexibility index (Phi) is 3.86. The van der Waals surface area contributed by atoms with Crippen LogP contribution in [-0.4, -0.2) is 24.2 Å². The number of nitrogens with zero attached hydrogens (tertiary/aromatic N) is 1. The molecule has 0 saturated carbocycles. The van der Waals surface area contributed by atoms with Crippen LogP contribution in [0.3, 0.4) is 0 Å². The normalized spacial score (nSPS) is 16.4. The number of hydrogen-bond donors (Lipinski definition) is 1. The number of para-hydroxylation sites is 2. The topological polar surface area (TPSA) is 49.8 Å². The monoisotopic (exact) mass is 297 g/mol. The van der Waals surface area contributed by atoms with Crippen LogP contribution in [0.15, 0.2) is 54.6 Å². The second-order valence-corrected chi connectivity index (χ2v) is 5.68. The Morgan fingerprint density at radius 2 is 1.86 bits per heavy atom. The Labute approximate surface area is 130 Å². The lowest BCUT2D eigenvalue weighted by atomic mass is 9.92. The van der Waals surface area contributed by atoms with Gasteiger partial charge in [-0.25, -0.2) is 0 Å². The molecule has 4 nitrogen and oxygen atoms in total. The van der Waals surface area contributed by atoms with Crippen molar-refractivity contribution < 1.29 is 14.6 Å². The summed E-state index contributed by atoms with van der Waals surface area (Å²) in [6, 6.07) is 16.8. The van der Waals surface area contributed by atoms with E-state index < -0.39 is 5.60 Å². The Bertz CT molecular complexity index is 667. The Balaban J connectivity index is 1.81. The molecule has 0 radical (unpaired) electrons. The Morgan fingerprint density at radius 1 is 1.18 bits per heavy atom. The predicted octanol–water partition coefficient (Wildman–Crippen LogP) is 2.71. The van der Waals surface area contributed by atoms with Crippen LogP contribution in [-0.2, 0) is 10.4 Å². The van der Waals surface area contributed by atoms with Gasteiger partial charge >= 0.3 is 0 Å². The van der Waals surface area contributed by atoms with Crippen molar-refractivity contribution in [3.05, 3.63) is 60.2 Å². The van der Waals surface area contributed by atoms with Crippen LogP contribution in [0.25, 0.3) is 0 Å². The summed E-state index contributed by atoms with van der Waals surface area (Å²) in [6.45, 7) is 2.64. The van der Waals surface area contributed by atoms with E-state index in [1.165, 1.54) is 0 Å². The molecule has 114 valence electrons. The Hall–Kier alpha value is -2.33. The number of anilines is 1. The van der Waals surface area contributed by atoms with Crippen molar-refractivity contribution in [1.29, 1.82) is 0 Å². The van der Waals surface area contributed by atoms with Gasteiger partial charge in [0.25, 0.3) is 0 Å². The minimum atomic E-state index is -1.19. The van der Waals surface area contributed by atoms with Crippen molar-refractivity contribution in [2.75, 3.05) is 18.1 Å². The summed E-state index contributed by atoms with van der Waals surface area (Å²) in [5.74, 6) is 0.603. The molecule has 1 amide bonds. The second kappa shape index (κ2) is 5.81. The average Bonchev–Trinajstić information content (AvgIpc) is 2.54. The SMILES string of the molecule is CC(O)(CC(=O)N1CCOc2ccccc21)c1ccccc1. The molecule has 0 bridgehead atoms. The summed E-state index contributed by atoms with van der Waals surface area (Å²) in [5.41, 5.74) is 0.318. The number of ether oxygens (including phenoxy) is 1. The fourth-order valence-corrected chi connectivity index (χ4v) is 2.72. The van der Waals surface area contributed by atoms with Gasteiger partial charge in [0.1, 0.15) is 12.4 Å². The maximum Gasteiger partial charge on any atom is 0.230 e. The van der Waals surface area contributed by atoms with E-state index in [1.807, 2.05) is 54.6 Å². The molecule has 3 rings (SSSR count). The van der Waals surface area contributed by atoms with E-state index in [-0.39, 0.29) is 12.3 Å². The van der Waals surface area contributed by atoms with Crippen LogP contribution in [0, 0.1) is 0 Å². The zero-order chi connectivity index (χ0) is 15.6. The molecule has 2 aromatic carbocycles. The van der Waals surface area contributed by atoms with E-state index in [2.05, 4.69) is 0 Å². The Morgan fingerprint density at radius 3 is 2.64 bits per heavy atom. The first-order valence-electron chi connectivity index (χ1n) is 7.38. The van der Waals surface area contributed by atoms with Crippen LogP contribution >= 0.6 is 0 Å². The van der Waals surface area contributed by atoms with Gasteiger partial charge in [-0.3, -0.25) is 4.79 Å². The van der Waals surface area contributed by atoms with Crippen LogP contribution < -0.4 is 9.64 Å². The van der Waals surface area contributed by atoms with Crippen molar-refractivity contribution in [2.24, 2.45) is 0 Å². The maximum absolute atomic E-state index is 12.7. The number of benzene rings is 2. The molecule has 4 heteroatoms. The average molecular weight is 297 g/mol. The van der Waals surface area contributed by atoms with Crippen molar-refractivity contribution in [2.45, 2.75) is 18.9 Å². The van der Waals surface area contributed by atoms with Gasteiger partial charge < -0.3 is 14.7 Å². The van der Waals surface area contributed by atoms with Gasteiger partial charge in [-0.2, -0.15) is 0 Å². The molecule has 1 aliphatic heterocycles. The third-order valence-corrected chi connectivity index (χ3v) is 3.92. The number of carbonyl (C=O) groups excluding carboxylic acids is 1. The number of amides is 1. The molecule has 0 aromatic heterocycles. The third kappa shape index (κ3) is 2.83. The van der Waals surface area contributed by atoms with E-state index in [0.717, 1.165) is 11.3 Å². The number of fused-ring (bicyclic) bond motifs is 1. The molecule has 0 aliphatic carbocycles. The third-order valence-electron chi connectivity index (χ3n) is 3.92. The van der Waals surface area contributed by atoms with Crippen molar-refractivity contribution in [3.63, 3.8) is 0 Å². The van der Waals surface area contributed by atoms with Gasteiger partial charge in [0, 0.05) is 0 Å². The first-order valence-corrected chi connectivity index (χ1v) is 7.38. The maximum atomic E-state index is 12.7. The van der Waals surface area contributed by atoms with Crippen molar-refractivity contribution in [1.82, 2.24) is 0 Å². The van der Waals surface area contributed by atoms with E-state index >= 15 is 0 Å². The summed E-state index contributed by atoms with van der Waals surface area (Å²) in [4.78, 5) is 14.4. The summed E-state index contributed by atoms with van der Waals surface area (Å²) in [6.07, 6.45) is 0.0331. The van der Waals surface area contributed by atoms with Gasteiger partial charge in [-0.05, 0) is 24.6 Å².